The first-order valence-electron chi connectivity index (χ1n) is 6.66. The van der Waals surface area contributed by atoms with Crippen molar-refractivity contribution < 1.29 is 4.79 Å². The molecule has 0 aliphatic carbocycles. The molecule has 1 amide bonds. The van der Waals surface area contributed by atoms with Gasteiger partial charge in [0.15, 0.2) is 11.0 Å². The highest BCUT2D eigenvalue weighted by atomic mass is 32.2. The number of para-hydroxylation sites is 2. The lowest BCUT2D eigenvalue weighted by Gasteiger charge is -1.99. The third-order valence-corrected chi connectivity index (χ3v) is 3.86. The van der Waals surface area contributed by atoms with E-state index in [-0.39, 0.29) is 11.7 Å². The number of aromatic nitrogens is 4. The van der Waals surface area contributed by atoms with Gasteiger partial charge in [0.05, 0.1) is 16.8 Å². The van der Waals surface area contributed by atoms with Crippen molar-refractivity contribution >= 4 is 34.5 Å². The molecule has 0 fully saturated rings. The molecule has 3 N–H and O–H groups in total. The molecule has 21 heavy (non-hydrogen) atoms. The fraction of sp³-hybridized carbons (Fsp3) is 0.214. The number of carbonyl (C=O) groups excluding carboxylic acids is 1. The molecule has 0 unspecified atom stereocenters. The molecule has 0 saturated carbocycles. The summed E-state index contributed by atoms with van der Waals surface area (Å²) in [6.45, 7) is 2.02. The maximum absolute atomic E-state index is 11.9. The zero-order valence-corrected chi connectivity index (χ0v) is 12.3. The Bertz CT molecular complexity index is 730. The van der Waals surface area contributed by atoms with E-state index < -0.39 is 0 Å². The van der Waals surface area contributed by atoms with E-state index in [9.17, 15) is 4.79 Å². The molecule has 1 aromatic carbocycles. The summed E-state index contributed by atoms with van der Waals surface area (Å²) in [5, 5.41) is 10.4. The zero-order chi connectivity index (χ0) is 14.7. The first kappa shape index (κ1) is 13.7. The quantitative estimate of drug-likeness (QED) is 0.632. The van der Waals surface area contributed by atoms with Gasteiger partial charge in [0, 0.05) is 11.8 Å². The lowest BCUT2D eigenvalue weighted by molar-refractivity contribution is -0.113. The number of amides is 1. The van der Waals surface area contributed by atoms with Crippen LogP contribution in [0.1, 0.15) is 12.6 Å². The molecule has 6 nitrogen and oxygen atoms in total. The van der Waals surface area contributed by atoms with Crippen LogP contribution in [0.3, 0.4) is 0 Å². The molecule has 0 saturated heterocycles. The number of anilines is 1. The van der Waals surface area contributed by atoms with Crippen molar-refractivity contribution in [2.75, 3.05) is 11.1 Å². The predicted molar refractivity (Wildman–Crippen MR) is 83.4 cm³/mol. The van der Waals surface area contributed by atoms with Crippen molar-refractivity contribution in [3.63, 3.8) is 0 Å². The van der Waals surface area contributed by atoms with Gasteiger partial charge < -0.3 is 10.3 Å². The Morgan fingerprint density at radius 1 is 1.38 bits per heavy atom. The number of fused-ring (bicyclic) bond motifs is 1. The summed E-state index contributed by atoms with van der Waals surface area (Å²) in [5.41, 5.74) is 2.87. The normalized spacial score (nSPS) is 10.9. The summed E-state index contributed by atoms with van der Waals surface area (Å²) < 4.78 is 0. The number of benzene rings is 1. The van der Waals surface area contributed by atoms with Crippen molar-refractivity contribution in [2.45, 2.75) is 18.5 Å². The first-order chi connectivity index (χ1) is 10.2. The number of hydrogen-bond acceptors (Lipinski definition) is 4. The van der Waals surface area contributed by atoms with Crippen molar-refractivity contribution in [2.24, 2.45) is 0 Å². The highest BCUT2D eigenvalue weighted by molar-refractivity contribution is 7.99. The maximum atomic E-state index is 11.9. The molecular weight excluding hydrogens is 286 g/mol. The molecule has 7 heteroatoms. The third kappa shape index (κ3) is 3.25. The van der Waals surface area contributed by atoms with Gasteiger partial charge >= 0.3 is 0 Å². The molecule has 0 atom stereocenters. The van der Waals surface area contributed by atoms with E-state index in [2.05, 4.69) is 25.5 Å². The number of thioether (sulfide) groups is 1. The van der Waals surface area contributed by atoms with Crippen LogP contribution in [-0.4, -0.2) is 31.8 Å². The topological polar surface area (TPSA) is 86.5 Å². The highest BCUT2D eigenvalue weighted by Crippen LogP contribution is 2.19. The van der Waals surface area contributed by atoms with Gasteiger partial charge in [-0.2, -0.15) is 5.10 Å². The average Bonchev–Trinajstić information content (AvgIpc) is 3.10. The summed E-state index contributed by atoms with van der Waals surface area (Å²) in [4.78, 5) is 19.5. The summed E-state index contributed by atoms with van der Waals surface area (Å²) >= 11 is 1.37. The van der Waals surface area contributed by atoms with E-state index in [1.54, 1.807) is 0 Å². The van der Waals surface area contributed by atoms with Crippen LogP contribution in [0.25, 0.3) is 11.0 Å². The largest absolute Gasteiger partial charge is 0.333 e. The molecule has 3 aromatic rings. The summed E-state index contributed by atoms with van der Waals surface area (Å²) in [7, 11) is 0. The van der Waals surface area contributed by atoms with E-state index in [0.29, 0.717) is 5.82 Å². The predicted octanol–water partition coefficient (Wildman–Crippen LogP) is 2.58. The van der Waals surface area contributed by atoms with E-state index >= 15 is 0 Å². The monoisotopic (exact) mass is 301 g/mol. The van der Waals surface area contributed by atoms with Crippen molar-refractivity contribution in [1.82, 2.24) is 20.2 Å². The molecule has 0 aliphatic rings. The number of carbonyl (C=O) groups is 1. The fourth-order valence-corrected chi connectivity index (χ4v) is 2.60. The van der Waals surface area contributed by atoms with E-state index in [4.69, 9.17) is 0 Å². The number of nitrogens with one attached hydrogen (secondary N) is 3. The van der Waals surface area contributed by atoms with Gasteiger partial charge in [-0.15, -0.1) is 0 Å². The minimum atomic E-state index is -0.102. The SMILES string of the molecule is CCc1cc(NC(=O)CSc2nc3ccccc3[nH]2)n[nH]1. The molecule has 2 aromatic heterocycles. The Kier molecular flexibility index (Phi) is 3.92. The molecule has 2 heterocycles. The Morgan fingerprint density at radius 3 is 3.00 bits per heavy atom. The van der Waals surface area contributed by atoms with Crippen LogP contribution in [0.4, 0.5) is 5.82 Å². The third-order valence-electron chi connectivity index (χ3n) is 2.99. The van der Waals surface area contributed by atoms with Crippen molar-refractivity contribution in [3.05, 3.63) is 36.0 Å². The first-order valence-corrected chi connectivity index (χ1v) is 7.65. The van der Waals surface area contributed by atoms with E-state index in [0.717, 1.165) is 28.3 Å². The second kappa shape index (κ2) is 6.01. The number of aryl methyl sites for hydroxylation is 1. The van der Waals surface area contributed by atoms with Crippen molar-refractivity contribution in [3.8, 4) is 0 Å². The van der Waals surface area contributed by atoms with Crippen LogP contribution in [0.5, 0.6) is 0 Å². The summed E-state index contributed by atoms with van der Waals surface area (Å²) in [5.74, 6) is 0.741. The number of hydrogen-bond donors (Lipinski definition) is 3. The standard InChI is InChI=1S/C14H15N5OS/c1-2-9-7-12(19-18-9)17-13(20)8-21-14-15-10-5-3-4-6-11(10)16-14/h3-7H,2,8H2,1H3,(H,15,16)(H2,17,18,19,20). The second-order valence-corrected chi connectivity index (χ2v) is 5.49. The number of imidazole rings is 1. The van der Waals surface area contributed by atoms with Gasteiger partial charge in [0.1, 0.15) is 0 Å². The van der Waals surface area contributed by atoms with Gasteiger partial charge in [-0.1, -0.05) is 30.8 Å². The van der Waals surface area contributed by atoms with Gasteiger partial charge in [-0.05, 0) is 18.6 Å². The Labute approximate surface area is 125 Å². The molecule has 108 valence electrons. The molecule has 0 aliphatic heterocycles. The number of H-pyrrole nitrogens is 2. The van der Waals surface area contributed by atoms with Crippen molar-refractivity contribution in [1.29, 1.82) is 0 Å². The number of nitrogens with zero attached hydrogens (tertiary/aromatic N) is 2. The Morgan fingerprint density at radius 2 is 2.24 bits per heavy atom. The molecule has 0 bridgehead atoms. The summed E-state index contributed by atoms with van der Waals surface area (Å²) in [6, 6.07) is 9.62. The Hall–Kier alpha value is -2.28. The zero-order valence-electron chi connectivity index (χ0n) is 11.5. The maximum Gasteiger partial charge on any atom is 0.236 e. The minimum absolute atomic E-state index is 0.102. The molecule has 0 radical (unpaired) electrons. The molecule has 3 rings (SSSR count). The molecule has 0 spiro atoms. The van der Waals surface area contributed by atoms with Crippen LogP contribution in [0, 0.1) is 0 Å². The Balaban J connectivity index is 1.57. The van der Waals surface area contributed by atoms with Gasteiger partial charge in [0.25, 0.3) is 0 Å². The number of rotatable bonds is 5. The summed E-state index contributed by atoms with van der Waals surface area (Å²) in [6.07, 6.45) is 0.858. The smallest absolute Gasteiger partial charge is 0.236 e. The van der Waals surface area contributed by atoms with Gasteiger partial charge in [0.2, 0.25) is 5.91 Å². The fourth-order valence-electron chi connectivity index (χ4n) is 1.92. The van der Waals surface area contributed by atoms with Gasteiger partial charge in [-0.3, -0.25) is 9.89 Å². The lowest BCUT2D eigenvalue weighted by atomic mass is 10.3. The molecular formula is C14H15N5OS. The lowest BCUT2D eigenvalue weighted by Crippen LogP contribution is -2.14. The minimum Gasteiger partial charge on any atom is -0.333 e. The van der Waals surface area contributed by atoms with Crippen LogP contribution < -0.4 is 5.32 Å². The van der Waals surface area contributed by atoms with E-state index in [1.807, 2.05) is 37.3 Å². The highest BCUT2D eigenvalue weighted by Gasteiger charge is 2.08. The number of aromatic amines is 2. The van der Waals surface area contributed by atoms with Crippen LogP contribution in [0.2, 0.25) is 0 Å². The van der Waals surface area contributed by atoms with Crippen LogP contribution >= 0.6 is 11.8 Å². The van der Waals surface area contributed by atoms with Gasteiger partial charge in [-0.25, -0.2) is 4.98 Å². The average molecular weight is 301 g/mol. The van der Waals surface area contributed by atoms with Crippen LogP contribution in [0.15, 0.2) is 35.5 Å². The van der Waals surface area contributed by atoms with E-state index in [1.165, 1.54) is 11.8 Å². The second-order valence-electron chi connectivity index (χ2n) is 4.53. The van der Waals surface area contributed by atoms with Crippen LogP contribution in [-0.2, 0) is 11.2 Å².